The molecule has 0 fully saturated rings. The molecule has 0 aliphatic heterocycles. The highest BCUT2D eigenvalue weighted by Gasteiger charge is 2.06. The van der Waals surface area contributed by atoms with Crippen molar-refractivity contribution in [3.8, 4) is 5.69 Å². The van der Waals surface area contributed by atoms with Crippen molar-refractivity contribution in [1.82, 2.24) is 14.8 Å². The Labute approximate surface area is 96.5 Å². The van der Waals surface area contributed by atoms with Gasteiger partial charge in [-0.15, -0.1) is 0 Å². The normalized spacial score (nSPS) is 10.7. The molecule has 0 spiro atoms. The number of halogens is 1. The van der Waals surface area contributed by atoms with Crippen LogP contribution in [0.2, 0.25) is 0 Å². The van der Waals surface area contributed by atoms with Crippen LogP contribution in [0.1, 0.15) is 12.2 Å². The van der Waals surface area contributed by atoms with Gasteiger partial charge in [0.15, 0.2) is 0 Å². The van der Waals surface area contributed by atoms with Crippen LogP contribution in [0.25, 0.3) is 5.69 Å². The molecule has 0 saturated carbocycles. The molecular formula is C11H12FN3O2. The number of aliphatic hydroxyl groups is 1. The molecule has 90 valence electrons. The third-order valence-electron chi connectivity index (χ3n) is 2.31. The minimum atomic E-state index is -0.371. The number of aryl methyl sites for hydroxylation is 1. The quantitative estimate of drug-likeness (QED) is 0.819. The number of aromatic nitrogens is 3. The van der Waals surface area contributed by atoms with Crippen molar-refractivity contribution < 1.29 is 9.50 Å². The molecule has 0 saturated heterocycles. The van der Waals surface area contributed by atoms with Crippen molar-refractivity contribution >= 4 is 0 Å². The monoisotopic (exact) mass is 237 g/mol. The van der Waals surface area contributed by atoms with E-state index in [1.165, 1.54) is 28.9 Å². The Morgan fingerprint density at radius 1 is 1.35 bits per heavy atom. The molecule has 1 aromatic heterocycles. The van der Waals surface area contributed by atoms with Gasteiger partial charge in [0.25, 0.3) is 0 Å². The van der Waals surface area contributed by atoms with Crippen molar-refractivity contribution in [1.29, 1.82) is 0 Å². The summed E-state index contributed by atoms with van der Waals surface area (Å²) in [6, 6.07) is 5.49. The van der Waals surface area contributed by atoms with E-state index in [0.717, 1.165) is 0 Å². The summed E-state index contributed by atoms with van der Waals surface area (Å²) in [4.78, 5) is 14.2. The van der Waals surface area contributed by atoms with Gasteiger partial charge in [-0.25, -0.2) is 9.18 Å². The molecule has 2 rings (SSSR count). The van der Waals surface area contributed by atoms with Crippen LogP contribution in [0.15, 0.2) is 29.1 Å². The summed E-state index contributed by atoms with van der Waals surface area (Å²) in [5.41, 5.74) is 0.132. The van der Waals surface area contributed by atoms with Crippen molar-refractivity contribution in [2.75, 3.05) is 6.61 Å². The molecule has 0 aliphatic rings. The summed E-state index contributed by atoms with van der Waals surface area (Å²) >= 11 is 0. The summed E-state index contributed by atoms with van der Waals surface area (Å²) < 4.78 is 13.9. The van der Waals surface area contributed by atoms with Crippen LogP contribution in [0.3, 0.4) is 0 Å². The fourth-order valence-corrected chi connectivity index (χ4v) is 1.48. The van der Waals surface area contributed by atoms with Gasteiger partial charge in [-0.1, -0.05) is 0 Å². The maximum atomic E-state index is 12.7. The minimum absolute atomic E-state index is 0.0471. The highest BCUT2D eigenvalue weighted by molar-refractivity contribution is 5.30. The average Bonchev–Trinajstić information content (AvgIpc) is 2.69. The van der Waals surface area contributed by atoms with E-state index in [9.17, 15) is 9.18 Å². The first-order valence-electron chi connectivity index (χ1n) is 5.26. The Morgan fingerprint density at radius 2 is 2.06 bits per heavy atom. The highest BCUT2D eigenvalue weighted by atomic mass is 19.1. The highest BCUT2D eigenvalue weighted by Crippen LogP contribution is 2.05. The molecule has 0 unspecified atom stereocenters. The van der Waals surface area contributed by atoms with Gasteiger partial charge in [0.05, 0.1) is 5.69 Å². The van der Waals surface area contributed by atoms with Crippen LogP contribution >= 0.6 is 0 Å². The summed E-state index contributed by atoms with van der Waals surface area (Å²) in [5.74, 6) is 0.145. The van der Waals surface area contributed by atoms with Gasteiger partial charge in [0.2, 0.25) is 0 Å². The number of benzene rings is 1. The van der Waals surface area contributed by atoms with Gasteiger partial charge in [-0.05, 0) is 30.7 Å². The van der Waals surface area contributed by atoms with E-state index >= 15 is 0 Å². The van der Waals surface area contributed by atoms with Crippen LogP contribution in [-0.2, 0) is 6.42 Å². The van der Waals surface area contributed by atoms with E-state index in [2.05, 4.69) is 10.1 Å². The van der Waals surface area contributed by atoms with Gasteiger partial charge < -0.3 is 5.11 Å². The lowest BCUT2D eigenvalue weighted by molar-refractivity contribution is 0.287. The van der Waals surface area contributed by atoms with E-state index in [1.807, 2.05) is 0 Å². The molecule has 1 aromatic carbocycles. The smallest absolute Gasteiger partial charge is 0.348 e. The van der Waals surface area contributed by atoms with E-state index < -0.39 is 0 Å². The number of nitrogens with zero attached hydrogens (tertiary/aromatic N) is 2. The maximum Gasteiger partial charge on any atom is 0.348 e. The van der Waals surface area contributed by atoms with Crippen LogP contribution in [-0.4, -0.2) is 26.5 Å². The van der Waals surface area contributed by atoms with Gasteiger partial charge in [0.1, 0.15) is 11.6 Å². The molecule has 0 atom stereocenters. The second-order valence-electron chi connectivity index (χ2n) is 3.59. The number of hydrogen-bond donors (Lipinski definition) is 2. The lowest BCUT2D eigenvalue weighted by Crippen LogP contribution is -2.15. The van der Waals surface area contributed by atoms with Crippen molar-refractivity contribution in [3.63, 3.8) is 0 Å². The van der Waals surface area contributed by atoms with Gasteiger partial charge >= 0.3 is 5.69 Å². The second kappa shape index (κ2) is 4.92. The van der Waals surface area contributed by atoms with Crippen molar-refractivity contribution in [2.45, 2.75) is 12.8 Å². The standard InChI is InChI=1S/C11H12FN3O2/c12-8-3-5-9(6-4-8)15-11(17)13-10(14-15)2-1-7-16/h3-6,16H,1-2,7H2,(H,13,14,17). The van der Waals surface area contributed by atoms with Gasteiger partial charge in [-0.2, -0.15) is 9.78 Å². The van der Waals surface area contributed by atoms with Crippen molar-refractivity contribution in [2.24, 2.45) is 0 Å². The predicted molar refractivity (Wildman–Crippen MR) is 59.5 cm³/mol. The van der Waals surface area contributed by atoms with E-state index in [0.29, 0.717) is 24.4 Å². The number of rotatable bonds is 4. The SMILES string of the molecule is O=c1[nH]c(CCCO)nn1-c1ccc(F)cc1. The molecule has 17 heavy (non-hydrogen) atoms. The number of aliphatic hydroxyl groups excluding tert-OH is 1. The Balaban J connectivity index is 2.29. The van der Waals surface area contributed by atoms with E-state index in [4.69, 9.17) is 5.11 Å². The maximum absolute atomic E-state index is 12.7. The average molecular weight is 237 g/mol. The minimum Gasteiger partial charge on any atom is -0.396 e. The third kappa shape index (κ3) is 2.59. The van der Waals surface area contributed by atoms with Crippen LogP contribution in [0, 0.1) is 5.82 Å². The van der Waals surface area contributed by atoms with Crippen molar-refractivity contribution in [3.05, 3.63) is 46.4 Å². The van der Waals surface area contributed by atoms with Gasteiger partial charge in [0, 0.05) is 13.0 Å². The Hall–Kier alpha value is -1.95. The number of hydrogen-bond acceptors (Lipinski definition) is 3. The second-order valence-corrected chi connectivity index (χ2v) is 3.59. The summed E-state index contributed by atoms with van der Waals surface area (Å²) in [7, 11) is 0. The zero-order valence-corrected chi connectivity index (χ0v) is 9.06. The fourth-order valence-electron chi connectivity index (χ4n) is 1.48. The lowest BCUT2D eigenvalue weighted by Gasteiger charge is -1.98. The van der Waals surface area contributed by atoms with E-state index in [-0.39, 0.29) is 18.1 Å². The first kappa shape index (κ1) is 11.5. The zero-order chi connectivity index (χ0) is 12.3. The summed E-state index contributed by atoms with van der Waals surface area (Å²) in [6.45, 7) is 0.0471. The first-order chi connectivity index (χ1) is 8.20. The molecule has 2 N–H and O–H groups in total. The molecule has 1 heterocycles. The lowest BCUT2D eigenvalue weighted by atomic mass is 10.3. The molecule has 2 aromatic rings. The largest absolute Gasteiger partial charge is 0.396 e. The molecule has 6 heteroatoms. The molecule has 0 aliphatic carbocycles. The van der Waals surface area contributed by atoms with Crippen LogP contribution < -0.4 is 5.69 Å². The number of H-pyrrole nitrogens is 1. The summed E-state index contributed by atoms with van der Waals surface area (Å²) in [5, 5.41) is 12.7. The molecule has 0 radical (unpaired) electrons. The summed E-state index contributed by atoms with van der Waals surface area (Å²) in [6.07, 6.45) is 1.04. The molecule has 5 nitrogen and oxygen atoms in total. The third-order valence-corrected chi connectivity index (χ3v) is 2.31. The Morgan fingerprint density at radius 3 is 2.71 bits per heavy atom. The zero-order valence-electron chi connectivity index (χ0n) is 9.06. The topological polar surface area (TPSA) is 70.9 Å². The van der Waals surface area contributed by atoms with Crippen LogP contribution in [0.5, 0.6) is 0 Å². The number of aromatic amines is 1. The molecule has 0 amide bonds. The fraction of sp³-hybridized carbons (Fsp3) is 0.273. The molecule has 0 bridgehead atoms. The predicted octanol–water partition coefficient (Wildman–Crippen LogP) is 0.625. The molecular weight excluding hydrogens is 225 g/mol. The Kier molecular flexibility index (Phi) is 3.34. The Bertz CT molecular complexity index is 545. The van der Waals surface area contributed by atoms with Crippen LogP contribution in [0.4, 0.5) is 4.39 Å². The van der Waals surface area contributed by atoms with Gasteiger partial charge in [-0.3, -0.25) is 4.98 Å². The number of nitrogens with one attached hydrogen (secondary N) is 1. The first-order valence-corrected chi connectivity index (χ1v) is 5.26. The van der Waals surface area contributed by atoms with E-state index in [1.54, 1.807) is 0 Å².